The highest BCUT2D eigenvalue weighted by molar-refractivity contribution is 5.91. The van der Waals surface area contributed by atoms with Gasteiger partial charge < -0.3 is 5.11 Å². The smallest absolute Gasteiger partial charge is 0.417 e. The molecule has 0 aliphatic rings. The first kappa shape index (κ1) is 8.39. The van der Waals surface area contributed by atoms with Gasteiger partial charge >= 0.3 is 6.09 Å². The summed E-state index contributed by atoms with van der Waals surface area (Å²) < 4.78 is 1.11. The van der Waals surface area contributed by atoms with E-state index in [4.69, 9.17) is 11.5 Å². The van der Waals surface area contributed by atoms with Crippen LogP contribution in [0.4, 0.5) is 4.79 Å². The first-order valence-corrected chi connectivity index (χ1v) is 4.04. The van der Waals surface area contributed by atoms with Crippen molar-refractivity contribution < 1.29 is 9.90 Å². The Labute approximate surface area is 80.6 Å². The summed E-state index contributed by atoms with van der Waals surface area (Å²) in [6.45, 7) is 0. The quantitative estimate of drug-likeness (QED) is 0.639. The fourth-order valence-electron chi connectivity index (χ4n) is 1.47. The van der Waals surface area contributed by atoms with Crippen LogP contribution < -0.4 is 0 Å². The van der Waals surface area contributed by atoms with Crippen molar-refractivity contribution in [2.45, 2.75) is 0 Å². The minimum absolute atomic E-state index is 0.360. The molecule has 1 heterocycles. The predicted octanol–water partition coefficient (Wildman–Crippen LogP) is 2.15. The summed E-state index contributed by atoms with van der Waals surface area (Å²) in [6, 6.07) is 8.86. The van der Waals surface area contributed by atoms with E-state index in [9.17, 15) is 4.79 Å². The molecule has 68 valence electrons. The zero-order chi connectivity index (χ0) is 10.1. The van der Waals surface area contributed by atoms with Crippen molar-refractivity contribution in [1.29, 1.82) is 0 Å². The fourth-order valence-corrected chi connectivity index (χ4v) is 1.47. The number of para-hydroxylation sites is 1. The van der Waals surface area contributed by atoms with E-state index in [2.05, 4.69) is 5.92 Å². The minimum Gasteiger partial charge on any atom is -0.464 e. The number of carboxylic acid groups (broad SMARTS) is 1. The summed E-state index contributed by atoms with van der Waals surface area (Å²) >= 11 is 0. The Morgan fingerprint density at radius 3 is 2.79 bits per heavy atom. The van der Waals surface area contributed by atoms with Gasteiger partial charge in [-0.3, -0.25) is 0 Å². The van der Waals surface area contributed by atoms with E-state index in [-0.39, 0.29) is 0 Å². The highest BCUT2D eigenvalue weighted by Gasteiger charge is 2.11. The van der Waals surface area contributed by atoms with E-state index < -0.39 is 6.09 Å². The van der Waals surface area contributed by atoms with Gasteiger partial charge in [0.1, 0.15) is 5.69 Å². The molecule has 3 heteroatoms. The number of hydrogen-bond acceptors (Lipinski definition) is 1. The molecular formula is C11H7NO2. The molecule has 1 N–H and O–H groups in total. The lowest BCUT2D eigenvalue weighted by Gasteiger charge is -1.98. The van der Waals surface area contributed by atoms with Crippen molar-refractivity contribution >= 4 is 17.0 Å². The second-order valence-electron chi connectivity index (χ2n) is 2.85. The summed E-state index contributed by atoms with van der Waals surface area (Å²) in [4.78, 5) is 10.9. The minimum atomic E-state index is -1.06. The molecule has 2 rings (SSSR count). The highest BCUT2D eigenvalue weighted by atomic mass is 16.4. The molecule has 1 aromatic carbocycles. The van der Waals surface area contributed by atoms with Crippen LogP contribution in [0.15, 0.2) is 30.3 Å². The van der Waals surface area contributed by atoms with E-state index in [1.54, 1.807) is 18.2 Å². The van der Waals surface area contributed by atoms with Crippen LogP contribution in [0.25, 0.3) is 10.9 Å². The van der Waals surface area contributed by atoms with Crippen LogP contribution >= 0.6 is 0 Å². The molecule has 0 fully saturated rings. The lowest BCUT2D eigenvalue weighted by atomic mass is 10.2. The maximum Gasteiger partial charge on any atom is 0.417 e. The molecule has 0 saturated carbocycles. The molecule has 14 heavy (non-hydrogen) atoms. The third kappa shape index (κ3) is 1.05. The monoisotopic (exact) mass is 185 g/mol. The number of rotatable bonds is 0. The van der Waals surface area contributed by atoms with E-state index >= 15 is 0 Å². The van der Waals surface area contributed by atoms with Crippen molar-refractivity contribution in [3.63, 3.8) is 0 Å². The normalized spacial score (nSPS) is 9.93. The van der Waals surface area contributed by atoms with Crippen LogP contribution in [0.2, 0.25) is 0 Å². The predicted molar refractivity (Wildman–Crippen MR) is 53.3 cm³/mol. The van der Waals surface area contributed by atoms with Crippen molar-refractivity contribution in [3.05, 3.63) is 36.0 Å². The van der Waals surface area contributed by atoms with Gasteiger partial charge in [0.25, 0.3) is 0 Å². The number of benzene rings is 1. The first-order valence-electron chi connectivity index (χ1n) is 4.04. The average Bonchev–Trinajstić information content (AvgIpc) is 2.55. The summed E-state index contributed by atoms with van der Waals surface area (Å²) in [5, 5.41) is 9.79. The van der Waals surface area contributed by atoms with Gasteiger partial charge in [0.05, 0.1) is 5.52 Å². The van der Waals surface area contributed by atoms with Crippen LogP contribution in [0, 0.1) is 12.3 Å². The molecule has 1 aromatic heterocycles. The fraction of sp³-hybridized carbons (Fsp3) is 0. The standard InChI is InChI=1S/C11H7NO2/c1-2-9-7-8-5-3-4-6-10(8)12(9)11(13)14/h1,3-7H,(H,13,14). The number of terminal acetylenes is 1. The van der Waals surface area contributed by atoms with E-state index in [0.717, 1.165) is 9.95 Å². The Bertz CT molecular complexity index is 546. The molecule has 3 nitrogen and oxygen atoms in total. The van der Waals surface area contributed by atoms with Crippen LogP contribution in [0.1, 0.15) is 5.69 Å². The van der Waals surface area contributed by atoms with Gasteiger partial charge in [0, 0.05) is 5.39 Å². The summed E-state index contributed by atoms with van der Waals surface area (Å²) in [7, 11) is 0. The molecule has 0 amide bonds. The molecule has 0 aliphatic heterocycles. The van der Waals surface area contributed by atoms with Crippen LogP contribution in [-0.2, 0) is 0 Å². The van der Waals surface area contributed by atoms with Crippen LogP contribution in [-0.4, -0.2) is 15.8 Å². The van der Waals surface area contributed by atoms with Gasteiger partial charge in [0.2, 0.25) is 0 Å². The molecule has 0 spiro atoms. The topological polar surface area (TPSA) is 42.2 Å². The zero-order valence-electron chi connectivity index (χ0n) is 7.27. The Balaban J connectivity index is 2.89. The lowest BCUT2D eigenvalue weighted by Crippen LogP contribution is -2.09. The first-order chi connectivity index (χ1) is 6.74. The Morgan fingerprint density at radius 1 is 1.43 bits per heavy atom. The van der Waals surface area contributed by atoms with Crippen molar-refractivity contribution in [2.24, 2.45) is 0 Å². The lowest BCUT2D eigenvalue weighted by molar-refractivity contribution is 0.197. The van der Waals surface area contributed by atoms with E-state index in [1.807, 2.05) is 12.1 Å². The van der Waals surface area contributed by atoms with E-state index in [0.29, 0.717) is 11.2 Å². The van der Waals surface area contributed by atoms with Gasteiger partial charge in [-0.1, -0.05) is 24.1 Å². The second-order valence-corrected chi connectivity index (χ2v) is 2.85. The summed E-state index contributed by atoms with van der Waals surface area (Å²) in [6.07, 6.45) is 4.16. The number of fused-ring (bicyclic) bond motifs is 1. The number of nitrogens with zero attached hydrogens (tertiary/aromatic N) is 1. The maximum atomic E-state index is 10.9. The number of hydrogen-bond donors (Lipinski definition) is 1. The Kier molecular flexibility index (Phi) is 1.76. The van der Waals surface area contributed by atoms with Crippen molar-refractivity contribution in [1.82, 2.24) is 4.57 Å². The zero-order valence-corrected chi connectivity index (χ0v) is 7.27. The van der Waals surface area contributed by atoms with Crippen LogP contribution in [0.3, 0.4) is 0 Å². The molecular weight excluding hydrogens is 178 g/mol. The molecule has 0 unspecified atom stereocenters. The molecule has 0 saturated heterocycles. The van der Waals surface area contributed by atoms with Crippen molar-refractivity contribution in [2.75, 3.05) is 0 Å². The molecule has 0 aliphatic carbocycles. The van der Waals surface area contributed by atoms with Crippen LogP contribution in [0.5, 0.6) is 0 Å². The van der Waals surface area contributed by atoms with Gasteiger partial charge in [-0.05, 0) is 12.1 Å². The van der Waals surface area contributed by atoms with Gasteiger partial charge in [0.15, 0.2) is 0 Å². The number of carbonyl (C=O) groups is 1. The summed E-state index contributed by atoms with van der Waals surface area (Å²) in [5.74, 6) is 2.35. The van der Waals surface area contributed by atoms with Gasteiger partial charge in [-0.15, -0.1) is 6.42 Å². The van der Waals surface area contributed by atoms with Gasteiger partial charge in [-0.25, -0.2) is 9.36 Å². The third-order valence-electron chi connectivity index (χ3n) is 2.05. The van der Waals surface area contributed by atoms with Gasteiger partial charge in [-0.2, -0.15) is 0 Å². The average molecular weight is 185 g/mol. The van der Waals surface area contributed by atoms with E-state index in [1.165, 1.54) is 0 Å². The highest BCUT2D eigenvalue weighted by Crippen LogP contribution is 2.18. The molecule has 2 aromatic rings. The molecule has 0 atom stereocenters. The Morgan fingerprint density at radius 2 is 2.14 bits per heavy atom. The molecule has 0 bridgehead atoms. The summed E-state index contributed by atoms with van der Waals surface area (Å²) in [5.41, 5.74) is 0.978. The Hall–Kier alpha value is -2.21. The van der Waals surface area contributed by atoms with Crippen molar-refractivity contribution in [3.8, 4) is 12.3 Å². The maximum absolute atomic E-state index is 10.9. The third-order valence-corrected chi connectivity index (χ3v) is 2.05. The molecule has 0 radical (unpaired) electrons. The SMILES string of the molecule is C#Cc1cc2ccccc2n1C(=O)O. The number of aromatic nitrogens is 1. The largest absolute Gasteiger partial charge is 0.464 e. The second kappa shape index (κ2) is 2.93.